The second-order valence-corrected chi connectivity index (χ2v) is 12.3. The van der Waals surface area contributed by atoms with Crippen LogP contribution in [0.4, 0.5) is 15.8 Å². The van der Waals surface area contributed by atoms with Gasteiger partial charge in [-0.05, 0) is 65.8 Å². The number of anilines is 2. The number of carbonyl (C=O) groups excluding carboxylic acids is 3. The van der Waals surface area contributed by atoms with Crippen LogP contribution in [0.15, 0.2) is 60.8 Å². The Labute approximate surface area is 264 Å². The molecule has 0 saturated carbocycles. The molecule has 8 rings (SSSR count). The second kappa shape index (κ2) is 10.9. The number of nitriles is 1. The molecule has 4 aliphatic rings. The molecule has 0 spiro atoms. The lowest BCUT2D eigenvalue weighted by molar-refractivity contribution is -0.134. The molecule has 230 valence electrons. The predicted molar refractivity (Wildman–Crippen MR) is 167 cm³/mol. The van der Waals surface area contributed by atoms with E-state index in [1.807, 2.05) is 42.6 Å². The quantitative estimate of drug-likeness (QED) is 0.338. The molecular weight excluding hydrogens is 587 g/mol. The number of fused-ring (bicyclic) bond motifs is 3. The number of hydrogen-bond acceptors (Lipinski definition) is 8. The summed E-state index contributed by atoms with van der Waals surface area (Å²) in [7, 11) is 0. The van der Waals surface area contributed by atoms with Crippen molar-refractivity contribution in [1.82, 2.24) is 15.2 Å². The van der Waals surface area contributed by atoms with E-state index in [0.29, 0.717) is 41.6 Å². The minimum absolute atomic E-state index is 0.139. The van der Waals surface area contributed by atoms with E-state index >= 15 is 0 Å². The second-order valence-electron chi connectivity index (χ2n) is 12.3. The highest BCUT2D eigenvalue weighted by Crippen LogP contribution is 2.42. The third kappa shape index (κ3) is 4.73. The van der Waals surface area contributed by atoms with Crippen LogP contribution in [0, 0.1) is 17.1 Å². The average molecular weight is 617 g/mol. The number of ether oxygens (including phenoxy) is 1. The summed E-state index contributed by atoms with van der Waals surface area (Å²) < 4.78 is 20.8. The van der Waals surface area contributed by atoms with Crippen molar-refractivity contribution in [3.8, 4) is 11.8 Å². The van der Waals surface area contributed by atoms with Crippen molar-refractivity contribution < 1.29 is 23.5 Å². The maximum atomic E-state index is 14.8. The monoisotopic (exact) mass is 616 g/mol. The molecule has 0 aliphatic carbocycles. The van der Waals surface area contributed by atoms with E-state index in [4.69, 9.17) is 9.72 Å². The molecule has 5 heterocycles. The summed E-state index contributed by atoms with van der Waals surface area (Å²) >= 11 is 0. The molecule has 46 heavy (non-hydrogen) atoms. The molecule has 0 radical (unpaired) electrons. The fraction of sp³-hybridized carbons (Fsp3) is 0.286. The van der Waals surface area contributed by atoms with Gasteiger partial charge in [-0.1, -0.05) is 12.1 Å². The van der Waals surface area contributed by atoms with Crippen LogP contribution in [-0.4, -0.2) is 65.9 Å². The summed E-state index contributed by atoms with van der Waals surface area (Å²) in [6.45, 7) is 3.84. The number of carbonyl (C=O) groups is 3. The number of nitrogens with zero attached hydrogens (tertiary/aromatic N) is 5. The smallest absolute Gasteiger partial charge is 0.259 e. The van der Waals surface area contributed by atoms with E-state index in [0.717, 1.165) is 47.9 Å². The van der Waals surface area contributed by atoms with Crippen LogP contribution < -0.4 is 19.9 Å². The highest BCUT2D eigenvalue weighted by Gasteiger charge is 2.41. The summed E-state index contributed by atoms with van der Waals surface area (Å²) in [6.07, 6.45) is 2.69. The summed E-state index contributed by atoms with van der Waals surface area (Å²) in [5, 5.41) is 12.8. The minimum atomic E-state index is -0.825. The topological polar surface area (TPSA) is 119 Å². The van der Waals surface area contributed by atoms with Gasteiger partial charge in [0.1, 0.15) is 24.2 Å². The van der Waals surface area contributed by atoms with Crippen LogP contribution >= 0.6 is 0 Å². The van der Waals surface area contributed by atoms with Gasteiger partial charge in [-0.2, -0.15) is 5.26 Å². The van der Waals surface area contributed by atoms with Gasteiger partial charge in [0.2, 0.25) is 11.8 Å². The summed E-state index contributed by atoms with van der Waals surface area (Å²) in [5.41, 5.74) is 5.16. The number of amides is 3. The number of hydrogen-bond donors (Lipinski definition) is 1. The SMILES string of the molecule is N#Cc1ccc2c(c1)OC[C@H]1CN(Cc3ccc(Cc4ccc5c6c(cc(F)cc46)C(=O)N5C4CCC(=O)NC4=O)cn3)CCN21. The maximum absolute atomic E-state index is 14.8. The Kier molecular flexibility index (Phi) is 6.69. The molecule has 0 bridgehead atoms. The van der Waals surface area contributed by atoms with Crippen molar-refractivity contribution in [2.75, 3.05) is 36.0 Å². The van der Waals surface area contributed by atoms with Gasteiger partial charge < -0.3 is 9.64 Å². The van der Waals surface area contributed by atoms with E-state index in [-0.39, 0.29) is 30.4 Å². The molecule has 4 aliphatic heterocycles. The van der Waals surface area contributed by atoms with Crippen molar-refractivity contribution in [3.05, 3.63) is 94.6 Å². The Balaban J connectivity index is 0.979. The van der Waals surface area contributed by atoms with Crippen LogP contribution in [0.3, 0.4) is 0 Å². The standard InChI is InChI=1S/C35H29FN6O4/c36-23-13-26-22(3-6-29-33(26)27(14-23)35(45)42(29)30-7-8-32(43)39-34(30)44)11-21-1-4-24(38-16-21)17-40-9-10-41-25(18-40)19-46-31-12-20(15-37)2-5-28(31)41/h1-6,12-14,16,25,30H,7-11,17-19H2,(H,39,43,44)/t25-,30?/m1/s1. The number of rotatable bonds is 5. The molecule has 2 fully saturated rings. The largest absolute Gasteiger partial charge is 0.489 e. The molecule has 10 nitrogen and oxygen atoms in total. The Morgan fingerprint density at radius 1 is 1.04 bits per heavy atom. The fourth-order valence-corrected chi connectivity index (χ4v) is 7.24. The van der Waals surface area contributed by atoms with Gasteiger partial charge in [0.15, 0.2) is 0 Å². The van der Waals surface area contributed by atoms with Crippen LogP contribution in [-0.2, 0) is 22.6 Å². The first kappa shape index (κ1) is 28.2. The van der Waals surface area contributed by atoms with Crippen molar-refractivity contribution in [3.63, 3.8) is 0 Å². The van der Waals surface area contributed by atoms with Gasteiger partial charge in [0, 0.05) is 50.2 Å². The molecule has 1 N–H and O–H groups in total. The number of piperazine rings is 1. The van der Waals surface area contributed by atoms with Gasteiger partial charge >= 0.3 is 0 Å². The van der Waals surface area contributed by atoms with Crippen LogP contribution in [0.25, 0.3) is 10.8 Å². The number of benzene rings is 3. The van der Waals surface area contributed by atoms with Crippen molar-refractivity contribution in [2.45, 2.75) is 37.9 Å². The molecular formula is C35H29FN6O4. The van der Waals surface area contributed by atoms with Crippen LogP contribution in [0.5, 0.6) is 5.75 Å². The zero-order valence-electron chi connectivity index (χ0n) is 24.8. The number of pyridine rings is 1. The van der Waals surface area contributed by atoms with E-state index in [1.54, 1.807) is 6.07 Å². The lowest BCUT2D eigenvalue weighted by Gasteiger charge is -2.45. The van der Waals surface area contributed by atoms with Crippen molar-refractivity contribution in [2.24, 2.45) is 0 Å². The fourth-order valence-electron chi connectivity index (χ4n) is 7.24. The number of piperidine rings is 1. The molecule has 3 amide bonds. The molecule has 2 saturated heterocycles. The third-order valence-electron chi connectivity index (χ3n) is 9.44. The number of aromatic nitrogens is 1. The number of imide groups is 1. The molecule has 4 aromatic rings. The first-order chi connectivity index (χ1) is 22.4. The predicted octanol–water partition coefficient (Wildman–Crippen LogP) is 3.68. The Hall–Kier alpha value is -5.34. The zero-order valence-corrected chi connectivity index (χ0v) is 24.8. The molecule has 1 aromatic heterocycles. The first-order valence-corrected chi connectivity index (χ1v) is 15.4. The van der Waals surface area contributed by atoms with Gasteiger partial charge in [0.05, 0.1) is 40.3 Å². The summed E-state index contributed by atoms with van der Waals surface area (Å²) in [5.74, 6) is -1.07. The van der Waals surface area contributed by atoms with Gasteiger partial charge in [-0.25, -0.2) is 4.39 Å². The van der Waals surface area contributed by atoms with Crippen molar-refractivity contribution in [1.29, 1.82) is 5.26 Å². The normalized spacial score (nSPS) is 20.7. The summed E-state index contributed by atoms with van der Waals surface area (Å²) in [6, 6.07) is 17.6. The molecule has 3 aromatic carbocycles. The van der Waals surface area contributed by atoms with Crippen LogP contribution in [0.1, 0.15) is 45.6 Å². The third-order valence-corrected chi connectivity index (χ3v) is 9.44. The number of nitrogens with one attached hydrogen (secondary N) is 1. The molecule has 1 unspecified atom stereocenters. The number of halogens is 1. The van der Waals surface area contributed by atoms with E-state index in [1.165, 1.54) is 17.0 Å². The lowest BCUT2D eigenvalue weighted by Crippen LogP contribution is -2.56. The van der Waals surface area contributed by atoms with Gasteiger partial charge in [-0.3, -0.25) is 34.5 Å². The lowest BCUT2D eigenvalue weighted by atomic mass is 9.96. The van der Waals surface area contributed by atoms with E-state index < -0.39 is 23.7 Å². The minimum Gasteiger partial charge on any atom is -0.489 e. The molecule has 11 heteroatoms. The Bertz CT molecular complexity index is 1990. The molecule has 2 atom stereocenters. The van der Waals surface area contributed by atoms with Gasteiger partial charge in [-0.15, -0.1) is 0 Å². The summed E-state index contributed by atoms with van der Waals surface area (Å²) in [4.78, 5) is 48.7. The highest BCUT2D eigenvalue weighted by molar-refractivity contribution is 6.27. The first-order valence-electron chi connectivity index (χ1n) is 15.4. The van der Waals surface area contributed by atoms with E-state index in [9.17, 15) is 24.0 Å². The van der Waals surface area contributed by atoms with Crippen LogP contribution in [0.2, 0.25) is 0 Å². The Morgan fingerprint density at radius 2 is 1.91 bits per heavy atom. The zero-order chi connectivity index (χ0) is 31.5. The average Bonchev–Trinajstić information content (AvgIpc) is 3.33. The van der Waals surface area contributed by atoms with Crippen molar-refractivity contribution >= 4 is 39.9 Å². The Morgan fingerprint density at radius 3 is 2.72 bits per heavy atom. The van der Waals surface area contributed by atoms with E-state index in [2.05, 4.69) is 21.2 Å². The maximum Gasteiger partial charge on any atom is 0.259 e. The van der Waals surface area contributed by atoms with Gasteiger partial charge in [0.25, 0.3) is 5.91 Å². The highest BCUT2D eigenvalue weighted by atomic mass is 19.1.